The monoisotopic (exact) mass is 424 g/mol. The molecule has 32 heavy (non-hydrogen) atoms. The number of carbonyl (C=O) groups excluding carboxylic acids is 1. The number of benzene rings is 2. The molecule has 0 aliphatic carbocycles. The molecule has 0 radical (unpaired) electrons. The van der Waals surface area contributed by atoms with Gasteiger partial charge in [0.1, 0.15) is 0 Å². The molecular weight excluding hydrogens is 400 g/mol. The predicted octanol–water partition coefficient (Wildman–Crippen LogP) is 3.41. The van der Waals surface area contributed by atoms with Crippen LogP contribution < -0.4 is 5.32 Å². The number of fused-ring (bicyclic) bond motifs is 7. The second-order valence-corrected chi connectivity index (χ2v) is 8.09. The Bertz CT molecular complexity index is 1290. The first-order chi connectivity index (χ1) is 15.7. The molecule has 2 aliphatic heterocycles. The highest BCUT2D eigenvalue weighted by Crippen LogP contribution is 2.20. The van der Waals surface area contributed by atoms with Crippen LogP contribution in [-0.2, 0) is 19.3 Å². The van der Waals surface area contributed by atoms with Gasteiger partial charge in [0.05, 0.1) is 23.7 Å². The van der Waals surface area contributed by atoms with Crippen LogP contribution in [0.5, 0.6) is 0 Å². The Morgan fingerprint density at radius 1 is 1.00 bits per heavy atom. The summed E-state index contributed by atoms with van der Waals surface area (Å²) < 4.78 is 1.65. The van der Waals surface area contributed by atoms with Gasteiger partial charge >= 0.3 is 0 Å². The van der Waals surface area contributed by atoms with E-state index in [4.69, 9.17) is 0 Å². The van der Waals surface area contributed by atoms with Crippen LogP contribution in [0.1, 0.15) is 27.0 Å². The van der Waals surface area contributed by atoms with Crippen LogP contribution in [-0.4, -0.2) is 38.4 Å². The van der Waals surface area contributed by atoms with Crippen molar-refractivity contribution in [2.45, 2.75) is 25.3 Å². The average Bonchev–Trinajstić information content (AvgIpc) is 3.25. The molecule has 1 unspecified atom stereocenters. The Balaban J connectivity index is 1.58. The summed E-state index contributed by atoms with van der Waals surface area (Å²) in [5.74, 6) is 0.174. The van der Waals surface area contributed by atoms with E-state index in [2.05, 4.69) is 63.9 Å². The Kier molecular flexibility index (Phi) is 5.52. The van der Waals surface area contributed by atoms with Crippen LogP contribution >= 0.6 is 0 Å². The van der Waals surface area contributed by atoms with Crippen molar-refractivity contribution in [3.05, 3.63) is 101 Å². The SMILES string of the molecule is O=C1NC(CO)Cc2ccc(cc2)C/C=C\Cc2ccc3nn(cc3c2)-c2ncccc21. The summed E-state index contributed by atoms with van der Waals surface area (Å²) in [5, 5.41) is 18.5. The number of amides is 1. The van der Waals surface area contributed by atoms with Gasteiger partial charge in [-0.3, -0.25) is 4.79 Å². The van der Waals surface area contributed by atoms with E-state index in [1.165, 1.54) is 11.1 Å². The maximum Gasteiger partial charge on any atom is 0.255 e. The normalized spacial score (nSPS) is 17.5. The van der Waals surface area contributed by atoms with E-state index in [0.717, 1.165) is 29.3 Å². The molecule has 0 saturated heterocycles. The van der Waals surface area contributed by atoms with Crippen molar-refractivity contribution in [1.82, 2.24) is 20.1 Å². The lowest BCUT2D eigenvalue weighted by Crippen LogP contribution is -2.39. The molecule has 4 heterocycles. The van der Waals surface area contributed by atoms with Crippen molar-refractivity contribution in [3.8, 4) is 5.82 Å². The topological polar surface area (TPSA) is 80.0 Å². The third-order valence-electron chi connectivity index (χ3n) is 5.75. The lowest BCUT2D eigenvalue weighted by molar-refractivity contribution is 0.0916. The van der Waals surface area contributed by atoms with E-state index in [1.54, 1.807) is 23.0 Å². The second-order valence-electron chi connectivity index (χ2n) is 8.09. The van der Waals surface area contributed by atoms with E-state index in [9.17, 15) is 9.90 Å². The first kappa shape index (κ1) is 20.2. The molecule has 2 N–H and O–H groups in total. The fraction of sp³-hybridized carbons (Fsp3) is 0.192. The lowest BCUT2D eigenvalue weighted by Gasteiger charge is -2.17. The molecule has 1 amide bonds. The smallest absolute Gasteiger partial charge is 0.255 e. The zero-order valence-electron chi connectivity index (χ0n) is 17.6. The van der Waals surface area contributed by atoms with Crippen molar-refractivity contribution in [3.63, 3.8) is 0 Å². The van der Waals surface area contributed by atoms with Crippen LogP contribution in [0.15, 0.2) is 79.1 Å². The lowest BCUT2D eigenvalue weighted by atomic mass is 10.0. The minimum Gasteiger partial charge on any atom is -0.394 e. The van der Waals surface area contributed by atoms with Crippen molar-refractivity contribution < 1.29 is 9.90 Å². The molecule has 4 aromatic rings. The Morgan fingerprint density at radius 3 is 2.56 bits per heavy atom. The summed E-state index contributed by atoms with van der Waals surface area (Å²) >= 11 is 0. The van der Waals surface area contributed by atoms with Crippen molar-refractivity contribution in [1.29, 1.82) is 0 Å². The summed E-state index contributed by atoms with van der Waals surface area (Å²) in [7, 11) is 0. The third kappa shape index (κ3) is 4.18. The molecule has 1 atom stereocenters. The van der Waals surface area contributed by atoms with E-state index in [1.807, 2.05) is 12.3 Å². The molecule has 0 fully saturated rings. The van der Waals surface area contributed by atoms with Gasteiger partial charge in [-0.15, -0.1) is 0 Å². The summed E-state index contributed by atoms with van der Waals surface area (Å²) in [6, 6.07) is 17.6. The summed E-state index contributed by atoms with van der Waals surface area (Å²) in [6.07, 6.45) is 10.2. The van der Waals surface area contributed by atoms with E-state index >= 15 is 0 Å². The standard InChI is InChI=1S/C26H24N4O2/c31-17-22-15-20-9-7-18(8-10-20)4-1-2-5-19-11-12-24-21(14-19)16-30(29-24)25-23(26(32)28-22)6-3-13-27-25/h1-3,6-14,16,22,31H,4-5,15,17H2,(H,28,32)/b2-1-. The van der Waals surface area contributed by atoms with Crippen molar-refractivity contribution in [2.24, 2.45) is 0 Å². The van der Waals surface area contributed by atoms with E-state index < -0.39 is 6.04 Å². The molecular formula is C26H24N4O2. The molecule has 6 nitrogen and oxygen atoms in total. The van der Waals surface area contributed by atoms with Gasteiger partial charge in [-0.1, -0.05) is 42.5 Å². The Labute approximate surface area is 186 Å². The first-order valence-electron chi connectivity index (χ1n) is 10.8. The van der Waals surface area contributed by atoms with Gasteiger partial charge in [-0.2, -0.15) is 5.10 Å². The van der Waals surface area contributed by atoms with E-state index in [-0.39, 0.29) is 12.5 Å². The number of allylic oxidation sites excluding steroid dienone is 2. The van der Waals surface area contributed by atoms with Gasteiger partial charge in [-0.05, 0) is 60.2 Å². The Morgan fingerprint density at radius 2 is 1.75 bits per heavy atom. The number of aliphatic hydroxyl groups excluding tert-OH is 1. The van der Waals surface area contributed by atoms with Crippen LogP contribution in [0.2, 0.25) is 0 Å². The van der Waals surface area contributed by atoms with Crippen molar-refractivity contribution >= 4 is 16.8 Å². The first-order valence-corrected chi connectivity index (χ1v) is 10.8. The predicted molar refractivity (Wildman–Crippen MR) is 124 cm³/mol. The van der Waals surface area contributed by atoms with Gasteiger partial charge in [-0.25, -0.2) is 9.67 Å². The number of hydrogen-bond acceptors (Lipinski definition) is 4. The minimum atomic E-state index is -0.400. The fourth-order valence-electron chi connectivity index (χ4n) is 4.03. The number of rotatable bonds is 1. The number of nitrogens with one attached hydrogen (secondary N) is 1. The largest absolute Gasteiger partial charge is 0.394 e. The fourth-order valence-corrected chi connectivity index (χ4v) is 4.03. The van der Waals surface area contributed by atoms with Gasteiger partial charge in [0, 0.05) is 17.8 Å². The highest BCUT2D eigenvalue weighted by molar-refractivity contribution is 5.97. The molecule has 0 spiro atoms. The molecule has 2 aromatic heterocycles. The number of carbonyl (C=O) groups is 1. The van der Waals surface area contributed by atoms with Crippen LogP contribution in [0.3, 0.4) is 0 Å². The van der Waals surface area contributed by atoms with Gasteiger partial charge in [0.25, 0.3) is 5.91 Å². The third-order valence-corrected chi connectivity index (χ3v) is 5.75. The summed E-state index contributed by atoms with van der Waals surface area (Å²) in [6.45, 7) is -0.153. The van der Waals surface area contributed by atoms with Crippen LogP contribution in [0.25, 0.3) is 16.7 Å². The van der Waals surface area contributed by atoms with Gasteiger partial charge in [0.15, 0.2) is 5.82 Å². The number of aliphatic hydroxyl groups is 1. The molecule has 0 saturated carbocycles. The maximum absolute atomic E-state index is 13.1. The summed E-state index contributed by atoms with van der Waals surface area (Å²) in [4.78, 5) is 17.5. The highest BCUT2D eigenvalue weighted by Gasteiger charge is 2.19. The number of hydrogen-bond donors (Lipinski definition) is 2. The van der Waals surface area contributed by atoms with Gasteiger partial charge in [0.2, 0.25) is 0 Å². The number of pyridine rings is 1. The molecule has 6 rings (SSSR count). The molecule has 6 heteroatoms. The minimum absolute atomic E-state index is 0.153. The van der Waals surface area contributed by atoms with Crippen LogP contribution in [0.4, 0.5) is 0 Å². The Hall–Kier alpha value is -3.77. The van der Waals surface area contributed by atoms with E-state index in [0.29, 0.717) is 17.8 Å². The molecule has 5 bridgehead atoms. The van der Waals surface area contributed by atoms with Crippen LogP contribution in [0, 0.1) is 0 Å². The van der Waals surface area contributed by atoms with Crippen molar-refractivity contribution in [2.75, 3.05) is 6.61 Å². The zero-order valence-corrected chi connectivity index (χ0v) is 17.6. The number of nitrogens with zero attached hydrogens (tertiary/aromatic N) is 3. The zero-order chi connectivity index (χ0) is 21.9. The maximum atomic E-state index is 13.1. The quantitative estimate of drug-likeness (QED) is 0.459. The number of aromatic nitrogens is 3. The average molecular weight is 425 g/mol. The second kappa shape index (κ2) is 8.77. The molecule has 2 aliphatic rings. The highest BCUT2D eigenvalue weighted by atomic mass is 16.3. The van der Waals surface area contributed by atoms with Gasteiger partial charge < -0.3 is 10.4 Å². The molecule has 160 valence electrons. The molecule has 2 aromatic carbocycles. The summed E-state index contributed by atoms with van der Waals surface area (Å²) in [5.41, 5.74) is 4.75.